The highest BCUT2D eigenvalue weighted by atomic mass is 19.4. The Morgan fingerprint density at radius 2 is 1.74 bits per heavy atom. The largest absolute Gasteiger partial charge is 0.493 e. The zero-order chi connectivity index (χ0) is 19.9. The van der Waals surface area contributed by atoms with Crippen LogP contribution in [0.4, 0.5) is 18.9 Å². The van der Waals surface area contributed by atoms with Crippen LogP contribution in [0.15, 0.2) is 47.5 Å². The average Bonchev–Trinajstić information content (AvgIpc) is 2.64. The second-order valence-electron chi connectivity index (χ2n) is 5.30. The molecule has 0 bridgehead atoms. The van der Waals surface area contributed by atoms with Crippen LogP contribution in [-0.2, 0) is 6.18 Å². The Kier molecular flexibility index (Phi) is 6.75. The average molecular weight is 383 g/mol. The first-order chi connectivity index (χ1) is 12.8. The zero-order valence-corrected chi connectivity index (χ0v) is 14.8. The number of anilines is 1. The molecule has 6 nitrogen and oxygen atoms in total. The number of nitrogens with two attached hydrogens (primary N) is 1. The third kappa shape index (κ3) is 5.70. The quantitative estimate of drug-likeness (QED) is 0.435. The van der Waals surface area contributed by atoms with Gasteiger partial charge in [-0.1, -0.05) is 12.1 Å². The van der Waals surface area contributed by atoms with Gasteiger partial charge in [0.15, 0.2) is 17.5 Å². The van der Waals surface area contributed by atoms with Crippen LogP contribution in [0.1, 0.15) is 5.56 Å². The van der Waals surface area contributed by atoms with Crippen LogP contribution >= 0.6 is 0 Å². The summed E-state index contributed by atoms with van der Waals surface area (Å²) in [5.41, 5.74) is 5.57. The van der Waals surface area contributed by atoms with Crippen molar-refractivity contribution in [3.8, 4) is 17.2 Å². The van der Waals surface area contributed by atoms with Crippen LogP contribution in [-0.4, -0.2) is 33.3 Å². The van der Waals surface area contributed by atoms with Gasteiger partial charge in [-0.25, -0.2) is 4.99 Å². The van der Waals surface area contributed by atoms with E-state index in [1.165, 1.54) is 32.4 Å². The monoisotopic (exact) mass is 383 g/mol. The van der Waals surface area contributed by atoms with E-state index < -0.39 is 11.7 Å². The van der Waals surface area contributed by atoms with Gasteiger partial charge in [0.05, 0.1) is 26.3 Å². The summed E-state index contributed by atoms with van der Waals surface area (Å²) in [5.74, 6) is 0.930. The van der Waals surface area contributed by atoms with E-state index in [1.807, 2.05) is 0 Å². The summed E-state index contributed by atoms with van der Waals surface area (Å²) in [4.78, 5) is 4.03. The number of rotatable bonds is 7. The lowest BCUT2D eigenvalue weighted by Gasteiger charge is -2.13. The van der Waals surface area contributed by atoms with Gasteiger partial charge in [0, 0.05) is 11.8 Å². The number of nitrogens with one attached hydrogen (secondary N) is 1. The summed E-state index contributed by atoms with van der Waals surface area (Å²) in [7, 11) is 3.03. The van der Waals surface area contributed by atoms with E-state index in [0.717, 1.165) is 6.07 Å². The number of guanidine groups is 1. The van der Waals surface area contributed by atoms with Crippen molar-refractivity contribution in [1.29, 1.82) is 0 Å². The molecule has 146 valence electrons. The third-order valence-corrected chi connectivity index (χ3v) is 3.48. The molecule has 0 spiro atoms. The van der Waals surface area contributed by atoms with Gasteiger partial charge in [0.25, 0.3) is 0 Å². The number of aliphatic imine (C=N–C) groups is 1. The summed E-state index contributed by atoms with van der Waals surface area (Å²) in [6.07, 6.45) is -4.48. The van der Waals surface area contributed by atoms with Crippen molar-refractivity contribution >= 4 is 11.6 Å². The smallest absolute Gasteiger partial charge is 0.419 e. The summed E-state index contributed by atoms with van der Waals surface area (Å²) in [6, 6.07) is 10.1. The number of nitrogens with zero attached hydrogens (tertiary/aromatic N) is 1. The molecule has 0 atom stereocenters. The molecule has 27 heavy (non-hydrogen) atoms. The SMILES string of the molecule is COc1ccc(NC(N)=NCCOc2ccccc2C(F)(F)F)cc1OC. The third-order valence-electron chi connectivity index (χ3n) is 3.48. The Morgan fingerprint density at radius 1 is 1.04 bits per heavy atom. The molecular weight excluding hydrogens is 363 g/mol. The lowest BCUT2D eigenvalue weighted by Crippen LogP contribution is -2.23. The fraction of sp³-hybridized carbons (Fsp3) is 0.278. The maximum absolute atomic E-state index is 12.9. The van der Waals surface area contributed by atoms with Crippen molar-refractivity contribution in [3.05, 3.63) is 48.0 Å². The van der Waals surface area contributed by atoms with Gasteiger partial charge in [0.2, 0.25) is 0 Å². The van der Waals surface area contributed by atoms with Gasteiger partial charge < -0.3 is 25.3 Å². The number of alkyl halides is 3. The first-order valence-electron chi connectivity index (χ1n) is 7.93. The zero-order valence-electron chi connectivity index (χ0n) is 14.8. The van der Waals surface area contributed by atoms with Crippen LogP contribution in [0.25, 0.3) is 0 Å². The number of para-hydroxylation sites is 1. The van der Waals surface area contributed by atoms with E-state index in [0.29, 0.717) is 17.2 Å². The Morgan fingerprint density at radius 3 is 2.41 bits per heavy atom. The minimum Gasteiger partial charge on any atom is -0.493 e. The first kappa shape index (κ1) is 20.2. The van der Waals surface area contributed by atoms with Crippen molar-refractivity contribution < 1.29 is 27.4 Å². The lowest BCUT2D eigenvalue weighted by molar-refractivity contribution is -0.138. The normalized spacial score (nSPS) is 11.8. The lowest BCUT2D eigenvalue weighted by atomic mass is 10.2. The van der Waals surface area contributed by atoms with Crippen LogP contribution in [0.3, 0.4) is 0 Å². The molecule has 0 aliphatic carbocycles. The number of benzene rings is 2. The molecule has 0 saturated carbocycles. The van der Waals surface area contributed by atoms with Crippen LogP contribution < -0.4 is 25.3 Å². The van der Waals surface area contributed by atoms with Crippen LogP contribution in [0.5, 0.6) is 17.2 Å². The van der Waals surface area contributed by atoms with Gasteiger partial charge in [-0.3, -0.25) is 0 Å². The molecule has 0 radical (unpaired) electrons. The molecule has 3 N–H and O–H groups in total. The Balaban J connectivity index is 1.92. The van der Waals surface area contributed by atoms with E-state index in [2.05, 4.69) is 10.3 Å². The molecule has 9 heteroatoms. The minimum absolute atomic E-state index is 0.0542. The molecule has 0 aromatic heterocycles. The van der Waals surface area contributed by atoms with E-state index in [9.17, 15) is 13.2 Å². The van der Waals surface area contributed by atoms with Crippen molar-refractivity contribution in [2.45, 2.75) is 6.18 Å². The number of methoxy groups -OCH3 is 2. The van der Waals surface area contributed by atoms with Gasteiger partial charge >= 0.3 is 6.18 Å². The molecular formula is C18H20F3N3O3. The molecule has 0 saturated heterocycles. The van der Waals surface area contributed by atoms with E-state index in [1.54, 1.807) is 18.2 Å². The summed E-state index contributed by atoms with van der Waals surface area (Å²) < 4.78 is 54.2. The number of hydrogen-bond donors (Lipinski definition) is 2. The molecule has 0 aliphatic heterocycles. The van der Waals surface area contributed by atoms with E-state index in [-0.39, 0.29) is 24.9 Å². The number of hydrogen-bond acceptors (Lipinski definition) is 4. The maximum atomic E-state index is 12.9. The molecule has 2 aromatic carbocycles. The molecule has 0 unspecified atom stereocenters. The van der Waals surface area contributed by atoms with E-state index in [4.69, 9.17) is 19.9 Å². The highest BCUT2D eigenvalue weighted by Crippen LogP contribution is 2.35. The first-order valence-corrected chi connectivity index (χ1v) is 7.93. The summed E-state index contributed by atoms with van der Waals surface area (Å²) in [5, 5.41) is 2.86. The Bertz CT molecular complexity index is 795. The van der Waals surface area contributed by atoms with Gasteiger partial charge in [-0.15, -0.1) is 0 Å². The predicted octanol–water partition coefficient (Wildman–Crippen LogP) is 3.53. The summed E-state index contributed by atoms with van der Waals surface area (Å²) >= 11 is 0. The van der Waals surface area contributed by atoms with Crippen molar-refractivity contribution in [1.82, 2.24) is 0 Å². The molecule has 0 amide bonds. The van der Waals surface area contributed by atoms with Gasteiger partial charge in [-0.05, 0) is 24.3 Å². The maximum Gasteiger partial charge on any atom is 0.419 e. The number of halogens is 3. The fourth-order valence-electron chi connectivity index (χ4n) is 2.25. The molecule has 0 heterocycles. The van der Waals surface area contributed by atoms with Gasteiger partial charge in [0.1, 0.15) is 12.4 Å². The van der Waals surface area contributed by atoms with Crippen LogP contribution in [0, 0.1) is 0 Å². The Hall–Kier alpha value is -3.10. The molecule has 0 fully saturated rings. The van der Waals surface area contributed by atoms with Gasteiger partial charge in [-0.2, -0.15) is 13.2 Å². The topological polar surface area (TPSA) is 78.1 Å². The predicted molar refractivity (Wildman–Crippen MR) is 96.6 cm³/mol. The van der Waals surface area contributed by atoms with Crippen molar-refractivity contribution in [3.63, 3.8) is 0 Å². The highest BCUT2D eigenvalue weighted by molar-refractivity contribution is 5.92. The molecule has 2 aromatic rings. The van der Waals surface area contributed by atoms with Crippen molar-refractivity contribution in [2.75, 3.05) is 32.7 Å². The fourth-order valence-corrected chi connectivity index (χ4v) is 2.25. The second-order valence-corrected chi connectivity index (χ2v) is 5.30. The standard InChI is InChI=1S/C18H20F3N3O3/c1-25-15-8-7-12(11-16(15)26-2)24-17(22)23-9-10-27-14-6-4-3-5-13(14)18(19,20)21/h3-8,11H,9-10H2,1-2H3,(H3,22,23,24). The minimum atomic E-state index is -4.48. The molecule has 2 rings (SSSR count). The Labute approximate surface area is 154 Å². The molecule has 0 aliphatic rings. The second kappa shape index (κ2) is 9.02. The van der Waals surface area contributed by atoms with Crippen LogP contribution in [0.2, 0.25) is 0 Å². The number of ether oxygens (including phenoxy) is 3. The van der Waals surface area contributed by atoms with Crippen molar-refractivity contribution in [2.24, 2.45) is 10.7 Å². The summed E-state index contributed by atoms with van der Waals surface area (Å²) in [6.45, 7) is 0.0275. The highest BCUT2D eigenvalue weighted by Gasteiger charge is 2.33. The van der Waals surface area contributed by atoms with E-state index >= 15 is 0 Å².